The predicted molar refractivity (Wildman–Crippen MR) is 105 cm³/mol. The largest absolute Gasteiger partial charge is 0.497 e. The van der Waals surface area contributed by atoms with Crippen molar-refractivity contribution in [3.63, 3.8) is 0 Å². The van der Waals surface area contributed by atoms with Gasteiger partial charge < -0.3 is 14.2 Å². The van der Waals surface area contributed by atoms with E-state index in [9.17, 15) is 0 Å². The van der Waals surface area contributed by atoms with E-state index in [0.29, 0.717) is 6.04 Å². The number of likely N-dealkylation sites (tertiary alicyclic amines) is 1. The highest BCUT2D eigenvalue weighted by atomic mass is 16.6. The normalized spacial score (nSPS) is 33.0. The molecule has 1 aromatic carbocycles. The number of nitrogens with zero attached hydrogens (tertiary/aromatic N) is 1. The molecule has 2 heterocycles. The van der Waals surface area contributed by atoms with E-state index in [1.54, 1.807) is 14.2 Å². The van der Waals surface area contributed by atoms with Crippen LogP contribution in [0.1, 0.15) is 43.7 Å². The van der Waals surface area contributed by atoms with Gasteiger partial charge in [-0.1, -0.05) is 25.5 Å². The van der Waals surface area contributed by atoms with Gasteiger partial charge in [-0.3, -0.25) is 4.90 Å². The maximum atomic E-state index is 6.95. The van der Waals surface area contributed by atoms with Crippen LogP contribution in [0.5, 0.6) is 11.5 Å². The van der Waals surface area contributed by atoms with Gasteiger partial charge in [-0.25, -0.2) is 0 Å². The molecule has 27 heavy (non-hydrogen) atoms. The van der Waals surface area contributed by atoms with Gasteiger partial charge in [-0.2, -0.15) is 0 Å². The van der Waals surface area contributed by atoms with Crippen LogP contribution in [0.3, 0.4) is 0 Å². The number of hydrogen-bond acceptors (Lipinski definition) is 4. The third-order valence-electron chi connectivity index (χ3n) is 7.37. The number of benzene rings is 1. The van der Waals surface area contributed by atoms with Gasteiger partial charge >= 0.3 is 0 Å². The van der Waals surface area contributed by atoms with Gasteiger partial charge in [-0.05, 0) is 62.6 Å². The molecule has 1 spiro atoms. The molecule has 0 saturated carbocycles. The fourth-order valence-corrected chi connectivity index (χ4v) is 6.17. The topological polar surface area (TPSA) is 30.9 Å². The van der Waals surface area contributed by atoms with Crippen molar-refractivity contribution in [2.75, 3.05) is 27.8 Å². The molecule has 5 rings (SSSR count). The van der Waals surface area contributed by atoms with Crippen LogP contribution in [0.4, 0.5) is 0 Å². The third-order valence-corrected chi connectivity index (χ3v) is 7.37. The Labute approximate surface area is 161 Å². The molecule has 0 aromatic heterocycles. The molecule has 0 radical (unpaired) electrons. The Bertz CT molecular complexity index is 857. The summed E-state index contributed by atoms with van der Waals surface area (Å²) >= 11 is 0. The van der Waals surface area contributed by atoms with Crippen LogP contribution in [-0.4, -0.2) is 44.4 Å². The summed E-state index contributed by atoms with van der Waals surface area (Å²) in [5.41, 5.74) is 3.71. The number of unbranched alkanes of at least 4 members (excludes halogenated alkanes) is 1. The minimum atomic E-state index is -0.451. The number of hydrogen-bond donors (Lipinski definition) is 0. The highest BCUT2D eigenvalue weighted by molar-refractivity contribution is 5.69. The summed E-state index contributed by atoms with van der Waals surface area (Å²) in [4.78, 5) is 2.51. The number of rotatable bonds is 5. The van der Waals surface area contributed by atoms with Crippen LogP contribution in [0.25, 0.3) is 0 Å². The molecule has 2 aliphatic carbocycles. The lowest BCUT2D eigenvalue weighted by atomic mass is 9.51. The Balaban J connectivity index is 1.84. The zero-order chi connectivity index (χ0) is 18.8. The number of likely N-dealkylation sites (N-methyl/N-ethyl adjacent to an activating group) is 1. The maximum Gasteiger partial charge on any atom is 0.179 e. The van der Waals surface area contributed by atoms with E-state index in [2.05, 4.69) is 43.2 Å². The number of methoxy groups -OCH3 is 2. The molecular formula is C23H29NO3. The molecule has 144 valence electrons. The summed E-state index contributed by atoms with van der Waals surface area (Å²) in [5, 5.41) is 0. The zero-order valence-corrected chi connectivity index (χ0v) is 16.8. The summed E-state index contributed by atoms with van der Waals surface area (Å²) in [7, 11) is 5.78. The van der Waals surface area contributed by atoms with E-state index >= 15 is 0 Å². The molecule has 0 unspecified atom stereocenters. The second-order valence-electron chi connectivity index (χ2n) is 8.38. The van der Waals surface area contributed by atoms with Gasteiger partial charge in [0.1, 0.15) is 5.76 Å². The van der Waals surface area contributed by atoms with Gasteiger partial charge in [0, 0.05) is 11.6 Å². The third kappa shape index (κ3) is 1.87. The van der Waals surface area contributed by atoms with Gasteiger partial charge in [0.2, 0.25) is 0 Å². The first kappa shape index (κ1) is 17.2. The fourth-order valence-electron chi connectivity index (χ4n) is 6.17. The maximum absolute atomic E-state index is 6.95. The van der Waals surface area contributed by atoms with Gasteiger partial charge in [0.25, 0.3) is 0 Å². The molecular weight excluding hydrogens is 338 g/mol. The zero-order valence-electron chi connectivity index (χ0n) is 16.8. The van der Waals surface area contributed by atoms with Crippen molar-refractivity contribution in [1.82, 2.24) is 4.90 Å². The first-order valence-corrected chi connectivity index (χ1v) is 10.2. The summed E-state index contributed by atoms with van der Waals surface area (Å²) in [6.07, 6.45) is 9.81. The fraction of sp³-hybridized carbons (Fsp3) is 0.565. The molecule has 2 aliphatic heterocycles. The quantitative estimate of drug-likeness (QED) is 0.788. The Morgan fingerprint density at radius 1 is 1.22 bits per heavy atom. The van der Waals surface area contributed by atoms with Crippen molar-refractivity contribution in [2.24, 2.45) is 0 Å². The van der Waals surface area contributed by atoms with Crippen LogP contribution >= 0.6 is 0 Å². The molecule has 0 amide bonds. The summed E-state index contributed by atoms with van der Waals surface area (Å²) in [6, 6.07) is 4.77. The van der Waals surface area contributed by atoms with Crippen molar-refractivity contribution in [3.8, 4) is 11.5 Å². The summed E-state index contributed by atoms with van der Waals surface area (Å²) < 4.78 is 18.7. The Hall–Kier alpha value is -1.94. The van der Waals surface area contributed by atoms with Crippen LogP contribution in [0.15, 0.2) is 35.6 Å². The molecule has 3 atom stereocenters. The number of ether oxygens (including phenoxy) is 3. The molecule has 2 bridgehead atoms. The van der Waals surface area contributed by atoms with Crippen molar-refractivity contribution in [1.29, 1.82) is 0 Å². The Kier molecular flexibility index (Phi) is 3.68. The summed E-state index contributed by atoms with van der Waals surface area (Å²) in [6.45, 7) is 3.32. The van der Waals surface area contributed by atoms with E-state index in [1.165, 1.54) is 16.7 Å². The van der Waals surface area contributed by atoms with Crippen LogP contribution < -0.4 is 9.47 Å². The molecule has 0 N–H and O–H groups in total. The SMILES string of the molecule is CCCC[C@@]12Oc3c(OC)ccc4c3[C@@]13CCN(C)[C@H](C4)C3=CC=C2OC. The lowest BCUT2D eigenvalue weighted by Crippen LogP contribution is -2.64. The van der Waals surface area contributed by atoms with Crippen molar-refractivity contribution in [2.45, 2.75) is 56.1 Å². The minimum Gasteiger partial charge on any atom is -0.497 e. The van der Waals surface area contributed by atoms with Gasteiger partial charge in [0.05, 0.1) is 19.6 Å². The monoisotopic (exact) mass is 367 g/mol. The average molecular weight is 367 g/mol. The average Bonchev–Trinajstić information content (AvgIpc) is 2.99. The first-order valence-electron chi connectivity index (χ1n) is 10.2. The highest BCUT2D eigenvalue weighted by Crippen LogP contribution is 2.67. The standard InChI is InChI=1S/C23H29NO3/c1-5-6-11-23-19(26-4)10-8-16-17-14-15-7-9-18(25-3)21(27-23)20(15)22(16,23)12-13-24(17)2/h7-10,17H,5-6,11-14H2,1-4H3/t17-,22+,23+/m1/s1. The van der Waals surface area contributed by atoms with E-state index in [0.717, 1.165) is 55.9 Å². The van der Waals surface area contributed by atoms with Crippen LogP contribution in [0.2, 0.25) is 0 Å². The van der Waals surface area contributed by atoms with Crippen LogP contribution in [-0.2, 0) is 16.6 Å². The smallest absolute Gasteiger partial charge is 0.179 e. The second kappa shape index (κ2) is 5.78. The molecule has 1 saturated heterocycles. The van der Waals surface area contributed by atoms with E-state index in [1.807, 2.05) is 0 Å². The van der Waals surface area contributed by atoms with E-state index < -0.39 is 5.60 Å². The molecule has 4 heteroatoms. The highest BCUT2D eigenvalue weighted by Gasteiger charge is 2.69. The predicted octanol–water partition coefficient (Wildman–Crippen LogP) is 3.98. The first-order chi connectivity index (χ1) is 13.1. The van der Waals surface area contributed by atoms with Crippen molar-refractivity contribution >= 4 is 0 Å². The summed E-state index contributed by atoms with van der Waals surface area (Å²) in [5.74, 6) is 2.76. The van der Waals surface area contributed by atoms with E-state index in [-0.39, 0.29) is 5.41 Å². The second-order valence-corrected chi connectivity index (χ2v) is 8.38. The Morgan fingerprint density at radius 3 is 2.81 bits per heavy atom. The van der Waals surface area contributed by atoms with Crippen molar-refractivity contribution < 1.29 is 14.2 Å². The van der Waals surface area contributed by atoms with Gasteiger partial charge in [-0.15, -0.1) is 0 Å². The van der Waals surface area contributed by atoms with Crippen LogP contribution in [0, 0.1) is 0 Å². The lowest BCUT2D eigenvalue weighted by Gasteiger charge is -2.57. The lowest BCUT2D eigenvalue weighted by molar-refractivity contribution is -0.0209. The Morgan fingerprint density at radius 2 is 2.07 bits per heavy atom. The van der Waals surface area contributed by atoms with Gasteiger partial charge in [0.15, 0.2) is 17.1 Å². The van der Waals surface area contributed by atoms with Crippen molar-refractivity contribution in [3.05, 3.63) is 46.7 Å². The minimum absolute atomic E-state index is 0.128. The number of allylic oxidation sites excluding steroid dienone is 2. The molecule has 1 fully saturated rings. The number of piperidine rings is 1. The molecule has 1 aromatic rings. The molecule has 4 aliphatic rings. The van der Waals surface area contributed by atoms with E-state index in [4.69, 9.17) is 14.2 Å². The molecule has 4 nitrogen and oxygen atoms in total.